The topological polar surface area (TPSA) is 76.1 Å². The zero-order valence-electron chi connectivity index (χ0n) is 16.0. The van der Waals surface area contributed by atoms with Crippen LogP contribution in [0, 0.1) is 17.8 Å². The Labute approximate surface area is 150 Å². The van der Waals surface area contributed by atoms with Crippen molar-refractivity contribution in [2.24, 2.45) is 17.8 Å². The van der Waals surface area contributed by atoms with Crippen molar-refractivity contribution in [2.45, 2.75) is 71.0 Å². The summed E-state index contributed by atoms with van der Waals surface area (Å²) in [4.78, 5) is 26.0. The van der Waals surface area contributed by atoms with Gasteiger partial charge in [0.15, 0.2) is 0 Å². The fourth-order valence-electron chi connectivity index (χ4n) is 4.19. The van der Waals surface area contributed by atoms with E-state index in [4.69, 9.17) is 9.47 Å². The van der Waals surface area contributed by atoms with Gasteiger partial charge in [0.2, 0.25) is 0 Å². The number of carbonyl (C=O) groups excluding carboxylic acids is 2. The van der Waals surface area contributed by atoms with Crippen LogP contribution in [0.3, 0.4) is 0 Å². The number of esters is 1. The molecular formula is C19H33NO5. The normalized spacial score (nSPS) is 30.7. The summed E-state index contributed by atoms with van der Waals surface area (Å²) in [6, 6.07) is 0. The molecule has 0 aromatic heterocycles. The Bertz CT molecular complexity index is 473. The van der Waals surface area contributed by atoms with Gasteiger partial charge in [-0.3, -0.25) is 4.79 Å². The van der Waals surface area contributed by atoms with Crippen molar-refractivity contribution in [1.82, 2.24) is 4.90 Å². The third-order valence-corrected chi connectivity index (χ3v) is 5.38. The van der Waals surface area contributed by atoms with Gasteiger partial charge in [-0.2, -0.15) is 0 Å². The molecule has 1 saturated carbocycles. The Morgan fingerprint density at radius 2 is 1.76 bits per heavy atom. The zero-order valence-corrected chi connectivity index (χ0v) is 16.0. The molecule has 1 amide bonds. The monoisotopic (exact) mass is 355 g/mol. The maximum absolute atomic E-state index is 12.5. The molecule has 4 atom stereocenters. The van der Waals surface area contributed by atoms with Crippen LogP contribution in [0.2, 0.25) is 0 Å². The standard InChI is InChI=1S/C19H33NO5/c1-19(2,3)25-18(23)20-11-13(10-17(22)24-4)15(12-20)14-8-6-5-7-9-16(14)21/h13-16,21H,5-12H2,1-4H3. The highest BCUT2D eigenvalue weighted by Crippen LogP contribution is 2.39. The van der Waals surface area contributed by atoms with Crippen LogP contribution in [0.4, 0.5) is 4.79 Å². The maximum Gasteiger partial charge on any atom is 0.410 e. The van der Waals surface area contributed by atoms with Crippen LogP contribution in [0.5, 0.6) is 0 Å². The van der Waals surface area contributed by atoms with Crippen LogP contribution in [-0.2, 0) is 14.3 Å². The van der Waals surface area contributed by atoms with Crippen LogP contribution in [0.25, 0.3) is 0 Å². The number of ether oxygens (including phenoxy) is 2. The molecule has 6 nitrogen and oxygen atoms in total. The zero-order chi connectivity index (χ0) is 18.6. The van der Waals surface area contributed by atoms with Crippen LogP contribution in [0.1, 0.15) is 59.3 Å². The molecule has 2 fully saturated rings. The molecule has 1 saturated heterocycles. The molecule has 4 unspecified atom stereocenters. The Kier molecular flexibility index (Phi) is 6.72. The Balaban J connectivity index is 2.12. The lowest BCUT2D eigenvalue weighted by Gasteiger charge is -2.30. The average molecular weight is 355 g/mol. The van der Waals surface area contributed by atoms with Crippen molar-refractivity contribution in [1.29, 1.82) is 0 Å². The van der Waals surface area contributed by atoms with Gasteiger partial charge in [-0.1, -0.05) is 19.3 Å². The Morgan fingerprint density at radius 1 is 1.08 bits per heavy atom. The molecule has 6 heteroatoms. The third kappa shape index (κ3) is 5.59. The quantitative estimate of drug-likeness (QED) is 0.622. The second kappa shape index (κ2) is 8.39. The summed E-state index contributed by atoms with van der Waals surface area (Å²) in [5.41, 5.74) is -0.547. The first-order chi connectivity index (χ1) is 11.7. The lowest BCUT2D eigenvalue weighted by atomic mass is 9.77. The highest BCUT2D eigenvalue weighted by Gasteiger charge is 2.44. The number of hydrogen-bond acceptors (Lipinski definition) is 5. The van der Waals surface area contributed by atoms with Crippen molar-refractivity contribution in [3.05, 3.63) is 0 Å². The highest BCUT2D eigenvalue weighted by atomic mass is 16.6. The predicted octanol–water partition coefficient (Wildman–Crippen LogP) is 2.97. The van der Waals surface area contributed by atoms with E-state index in [0.29, 0.717) is 13.1 Å². The van der Waals surface area contributed by atoms with Gasteiger partial charge in [-0.25, -0.2) is 4.79 Å². The van der Waals surface area contributed by atoms with Gasteiger partial charge in [0, 0.05) is 13.1 Å². The van der Waals surface area contributed by atoms with E-state index in [0.717, 1.165) is 32.1 Å². The van der Waals surface area contributed by atoms with E-state index in [1.54, 1.807) is 4.90 Å². The fourth-order valence-corrected chi connectivity index (χ4v) is 4.19. The molecule has 2 rings (SSSR count). The summed E-state index contributed by atoms with van der Waals surface area (Å²) in [5.74, 6) is -0.00817. The summed E-state index contributed by atoms with van der Waals surface area (Å²) < 4.78 is 10.3. The first-order valence-corrected chi connectivity index (χ1v) is 9.44. The average Bonchev–Trinajstić information content (AvgIpc) is 2.80. The van der Waals surface area contributed by atoms with E-state index < -0.39 is 5.60 Å². The molecule has 1 aliphatic heterocycles. The number of nitrogens with zero attached hydrogens (tertiary/aromatic N) is 1. The molecule has 0 aromatic carbocycles. The largest absolute Gasteiger partial charge is 0.469 e. The van der Waals surface area contributed by atoms with Gasteiger partial charge in [0.1, 0.15) is 5.60 Å². The Hall–Kier alpha value is -1.30. The second-order valence-electron chi connectivity index (χ2n) is 8.46. The number of methoxy groups -OCH3 is 1. The molecule has 1 aliphatic carbocycles. The summed E-state index contributed by atoms with van der Waals surface area (Å²) >= 11 is 0. The minimum atomic E-state index is -0.547. The van der Waals surface area contributed by atoms with Crippen LogP contribution in [-0.4, -0.2) is 54.0 Å². The van der Waals surface area contributed by atoms with Gasteiger partial charge in [0.05, 0.1) is 19.6 Å². The molecule has 144 valence electrons. The molecular weight excluding hydrogens is 322 g/mol. The summed E-state index contributed by atoms with van der Waals surface area (Å²) in [6.45, 7) is 6.56. The van der Waals surface area contributed by atoms with E-state index >= 15 is 0 Å². The van der Waals surface area contributed by atoms with Crippen molar-refractivity contribution in [3.8, 4) is 0 Å². The number of aliphatic hydroxyl groups is 1. The van der Waals surface area contributed by atoms with E-state index in [2.05, 4.69) is 0 Å². The summed E-state index contributed by atoms with van der Waals surface area (Å²) in [7, 11) is 1.39. The van der Waals surface area contributed by atoms with Gasteiger partial charge < -0.3 is 19.5 Å². The maximum atomic E-state index is 12.5. The molecule has 1 heterocycles. The second-order valence-corrected chi connectivity index (χ2v) is 8.46. The summed E-state index contributed by atoms with van der Waals surface area (Å²) in [5, 5.41) is 10.6. The molecule has 2 aliphatic rings. The SMILES string of the molecule is COC(=O)CC1CN(C(=O)OC(C)(C)C)CC1C1CCCCCC1O. The molecule has 0 radical (unpaired) electrons. The molecule has 25 heavy (non-hydrogen) atoms. The van der Waals surface area contributed by atoms with E-state index in [-0.39, 0.29) is 42.3 Å². The fraction of sp³-hybridized carbons (Fsp3) is 0.895. The first-order valence-electron chi connectivity index (χ1n) is 9.44. The van der Waals surface area contributed by atoms with Crippen molar-refractivity contribution < 1.29 is 24.2 Å². The number of hydrogen-bond donors (Lipinski definition) is 1. The molecule has 0 aromatic rings. The smallest absolute Gasteiger partial charge is 0.410 e. The highest BCUT2D eigenvalue weighted by molar-refractivity contribution is 5.71. The number of rotatable bonds is 3. The lowest BCUT2D eigenvalue weighted by Crippen LogP contribution is -2.36. The number of carbonyl (C=O) groups is 2. The third-order valence-electron chi connectivity index (χ3n) is 5.38. The van der Waals surface area contributed by atoms with Crippen molar-refractivity contribution >= 4 is 12.1 Å². The van der Waals surface area contributed by atoms with E-state index in [1.807, 2.05) is 20.8 Å². The summed E-state index contributed by atoms with van der Waals surface area (Å²) in [6.07, 6.45) is 4.61. The Morgan fingerprint density at radius 3 is 2.40 bits per heavy atom. The van der Waals surface area contributed by atoms with Gasteiger partial charge >= 0.3 is 12.1 Å². The van der Waals surface area contributed by atoms with Crippen molar-refractivity contribution in [2.75, 3.05) is 20.2 Å². The molecule has 1 N–H and O–H groups in total. The molecule has 0 bridgehead atoms. The first kappa shape index (κ1) is 20.0. The van der Waals surface area contributed by atoms with Crippen molar-refractivity contribution in [3.63, 3.8) is 0 Å². The number of amides is 1. The predicted molar refractivity (Wildman–Crippen MR) is 94.0 cm³/mol. The molecule has 0 spiro atoms. The van der Waals surface area contributed by atoms with E-state index in [1.165, 1.54) is 7.11 Å². The van der Waals surface area contributed by atoms with Gasteiger partial charge in [-0.05, 0) is 51.4 Å². The van der Waals surface area contributed by atoms with Gasteiger partial charge in [-0.15, -0.1) is 0 Å². The minimum Gasteiger partial charge on any atom is -0.469 e. The van der Waals surface area contributed by atoms with Crippen LogP contribution < -0.4 is 0 Å². The van der Waals surface area contributed by atoms with Crippen LogP contribution in [0.15, 0.2) is 0 Å². The van der Waals surface area contributed by atoms with Crippen LogP contribution >= 0.6 is 0 Å². The number of aliphatic hydroxyl groups excluding tert-OH is 1. The minimum absolute atomic E-state index is 0.0118. The lowest BCUT2D eigenvalue weighted by molar-refractivity contribution is -0.142. The van der Waals surface area contributed by atoms with Gasteiger partial charge in [0.25, 0.3) is 0 Å². The van der Waals surface area contributed by atoms with E-state index in [9.17, 15) is 14.7 Å². The number of likely N-dealkylation sites (tertiary alicyclic amines) is 1.